The fourth-order valence-electron chi connectivity index (χ4n) is 2.27. The number of benzene rings is 1. The minimum absolute atomic E-state index is 0.0795. The minimum Gasteiger partial charge on any atom is -0.439 e. The van der Waals surface area contributed by atoms with Gasteiger partial charge < -0.3 is 14.5 Å². The largest absolute Gasteiger partial charge is 0.439 e. The average molecular weight is 232 g/mol. The number of aromatic nitrogens is 1. The van der Waals surface area contributed by atoms with Crippen LogP contribution in [0.4, 0.5) is 0 Å². The number of rotatable bonds is 1. The molecule has 0 spiro atoms. The van der Waals surface area contributed by atoms with Crippen molar-refractivity contribution in [2.75, 3.05) is 19.8 Å². The van der Waals surface area contributed by atoms with Gasteiger partial charge in [-0.2, -0.15) is 0 Å². The molecule has 1 unspecified atom stereocenters. The molecule has 1 N–H and O–H groups in total. The van der Waals surface area contributed by atoms with Crippen LogP contribution in [0.2, 0.25) is 0 Å². The molecular formula is C13H16N2O2. The number of hydrogen-bond acceptors (Lipinski definition) is 4. The van der Waals surface area contributed by atoms with E-state index < -0.39 is 0 Å². The molecule has 0 amide bonds. The number of fused-ring (bicyclic) bond motifs is 1. The van der Waals surface area contributed by atoms with Crippen LogP contribution in [0.5, 0.6) is 0 Å². The summed E-state index contributed by atoms with van der Waals surface area (Å²) in [7, 11) is 0. The summed E-state index contributed by atoms with van der Waals surface area (Å²) in [6.45, 7) is 6.36. The lowest BCUT2D eigenvalue weighted by molar-refractivity contribution is 0.0687. The Hall–Kier alpha value is -1.39. The van der Waals surface area contributed by atoms with Crippen molar-refractivity contribution in [2.24, 2.45) is 0 Å². The predicted molar refractivity (Wildman–Crippen MR) is 65.0 cm³/mol. The molecule has 0 saturated carbocycles. The van der Waals surface area contributed by atoms with E-state index >= 15 is 0 Å². The summed E-state index contributed by atoms with van der Waals surface area (Å²) >= 11 is 0. The van der Waals surface area contributed by atoms with Crippen molar-refractivity contribution in [1.82, 2.24) is 10.3 Å². The molecule has 1 aliphatic heterocycles. The summed E-state index contributed by atoms with van der Waals surface area (Å²) in [6, 6.07) is 4.25. The lowest BCUT2D eigenvalue weighted by Gasteiger charge is -2.20. The third-order valence-corrected chi connectivity index (χ3v) is 3.06. The van der Waals surface area contributed by atoms with Gasteiger partial charge in [-0.25, -0.2) is 4.98 Å². The van der Waals surface area contributed by atoms with Gasteiger partial charge in [0.2, 0.25) is 5.89 Å². The van der Waals surface area contributed by atoms with Crippen molar-refractivity contribution in [3.8, 4) is 0 Å². The molecule has 1 fully saturated rings. The first-order valence-corrected chi connectivity index (χ1v) is 5.93. The Bertz CT molecular complexity index is 542. The molecule has 3 rings (SSSR count). The Morgan fingerprint density at radius 2 is 2.24 bits per heavy atom. The van der Waals surface area contributed by atoms with Crippen molar-refractivity contribution >= 4 is 11.1 Å². The number of nitrogens with one attached hydrogen (secondary N) is 1. The van der Waals surface area contributed by atoms with E-state index in [4.69, 9.17) is 9.15 Å². The second-order valence-corrected chi connectivity index (χ2v) is 4.56. The molecular weight excluding hydrogens is 216 g/mol. The molecule has 4 heteroatoms. The average Bonchev–Trinajstić information content (AvgIpc) is 2.74. The summed E-state index contributed by atoms with van der Waals surface area (Å²) in [5.41, 5.74) is 4.17. The van der Waals surface area contributed by atoms with Crippen LogP contribution in [0, 0.1) is 13.8 Å². The van der Waals surface area contributed by atoms with Gasteiger partial charge in [0.1, 0.15) is 11.6 Å². The van der Waals surface area contributed by atoms with E-state index in [1.54, 1.807) is 0 Å². The van der Waals surface area contributed by atoms with Gasteiger partial charge in [-0.1, -0.05) is 6.07 Å². The maximum absolute atomic E-state index is 5.84. The third-order valence-electron chi connectivity index (χ3n) is 3.06. The Balaban J connectivity index is 2.03. The molecule has 90 valence electrons. The summed E-state index contributed by atoms with van der Waals surface area (Å²) in [4.78, 5) is 4.55. The fourth-order valence-corrected chi connectivity index (χ4v) is 2.27. The van der Waals surface area contributed by atoms with Crippen molar-refractivity contribution in [3.05, 3.63) is 29.2 Å². The first-order chi connectivity index (χ1) is 8.24. The van der Waals surface area contributed by atoms with E-state index in [0.29, 0.717) is 6.61 Å². The zero-order valence-corrected chi connectivity index (χ0v) is 10.1. The molecule has 1 saturated heterocycles. The first kappa shape index (κ1) is 10.7. The molecule has 2 heterocycles. The molecule has 1 atom stereocenters. The van der Waals surface area contributed by atoms with Crippen molar-refractivity contribution < 1.29 is 9.15 Å². The van der Waals surface area contributed by atoms with E-state index in [-0.39, 0.29) is 6.04 Å². The van der Waals surface area contributed by atoms with Gasteiger partial charge in [0.25, 0.3) is 0 Å². The van der Waals surface area contributed by atoms with Crippen LogP contribution in [0.25, 0.3) is 11.1 Å². The van der Waals surface area contributed by atoms with Crippen molar-refractivity contribution in [2.45, 2.75) is 19.9 Å². The molecule has 1 aromatic carbocycles. The topological polar surface area (TPSA) is 47.3 Å². The van der Waals surface area contributed by atoms with Gasteiger partial charge in [0, 0.05) is 6.54 Å². The monoisotopic (exact) mass is 232 g/mol. The van der Waals surface area contributed by atoms with E-state index in [1.165, 1.54) is 5.56 Å². The maximum Gasteiger partial charge on any atom is 0.215 e. The number of morpholine rings is 1. The molecule has 0 aliphatic carbocycles. The van der Waals surface area contributed by atoms with Crippen LogP contribution < -0.4 is 5.32 Å². The number of hydrogen-bond donors (Lipinski definition) is 1. The second-order valence-electron chi connectivity index (χ2n) is 4.56. The van der Waals surface area contributed by atoms with Gasteiger partial charge in [0.05, 0.1) is 13.2 Å². The van der Waals surface area contributed by atoms with Gasteiger partial charge in [0.15, 0.2) is 5.58 Å². The molecule has 4 nitrogen and oxygen atoms in total. The zero-order chi connectivity index (χ0) is 11.8. The smallest absolute Gasteiger partial charge is 0.215 e. The van der Waals surface area contributed by atoms with E-state index in [1.807, 2.05) is 0 Å². The van der Waals surface area contributed by atoms with Gasteiger partial charge >= 0.3 is 0 Å². The number of nitrogens with zero attached hydrogens (tertiary/aromatic N) is 1. The summed E-state index contributed by atoms with van der Waals surface area (Å²) in [6.07, 6.45) is 0. The first-order valence-electron chi connectivity index (χ1n) is 5.93. The number of oxazole rings is 1. The zero-order valence-electron chi connectivity index (χ0n) is 10.1. The van der Waals surface area contributed by atoms with Gasteiger partial charge in [-0.05, 0) is 31.0 Å². The van der Waals surface area contributed by atoms with E-state index in [0.717, 1.165) is 35.7 Å². The quantitative estimate of drug-likeness (QED) is 0.818. The van der Waals surface area contributed by atoms with Crippen molar-refractivity contribution in [1.29, 1.82) is 0 Å². The highest BCUT2D eigenvalue weighted by Gasteiger charge is 2.21. The SMILES string of the molecule is Cc1cc(C)c2oc(C3COCCN3)nc2c1. The fraction of sp³-hybridized carbons (Fsp3) is 0.462. The van der Waals surface area contributed by atoms with Gasteiger partial charge in [-0.3, -0.25) is 0 Å². The number of ether oxygens (including phenoxy) is 1. The highest BCUT2D eigenvalue weighted by atomic mass is 16.5. The van der Waals surface area contributed by atoms with Crippen LogP contribution >= 0.6 is 0 Å². The summed E-state index contributed by atoms with van der Waals surface area (Å²) in [5, 5.41) is 3.35. The Morgan fingerprint density at radius 1 is 1.35 bits per heavy atom. The highest BCUT2D eigenvalue weighted by molar-refractivity contribution is 5.77. The Labute approximate surface area is 100.0 Å². The minimum atomic E-state index is 0.0795. The van der Waals surface area contributed by atoms with E-state index in [9.17, 15) is 0 Å². The maximum atomic E-state index is 5.84. The second kappa shape index (κ2) is 4.13. The highest BCUT2D eigenvalue weighted by Crippen LogP contribution is 2.25. The predicted octanol–water partition coefficient (Wildman–Crippen LogP) is 2.11. The lowest BCUT2D eigenvalue weighted by Crippen LogP contribution is -2.34. The lowest BCUT2D eigenvalue weighted by atomic mass is 10.1. The van der Waals surface area contributed by atoms with Crippen LogP contribution in [-0.4, -0.2) is 24.7 Å². The Morgan fingerprint density at radius 3 is 3.00 bits per heavy atom. The molecule has 0 radical (unpaired) electrons. The van der Waals surface area contributed by atoms with Gasteiger partial charge in [-0.15, -0.1) is 0 Å². The van der Waals surface area contributed by atoms with Crippen LogP contribution in [0.3, 0.4) is 0 Å². The third kappa shape index (κ3) is 1.94. The summed E-state index contributed by atoms with van der Waals surface area (Å²) in [5.74, 6) is 0.730. The molecule has 0 bridgehead atoms. The van der Waals surface area contributed by atoms with Crippen LogP contribution in [-0.2, 0) is 4.74 Å². The number of aryl methyl sites for hydroxylation is 2. The molecule has 2 aromatic rings. The van der Waals surface area contributed by atoms with E-state index in [2.05, 4.69) is 36.3 Å². The molecule has 1 aromatic heterocycles. The van der Waals surface area contributed by atoms with Crippen LogP contribution in [0.15, 0.2) is 16.5 Å². The van der Waals surface area contributed by atoms with Crippen molar-refractivity contribution in [3.63, 3.8) is 0 Å². The molecule has 17 heavy (non-hydrogen) atoms. The summed E-state index contributed by atoms with van der Waals surface area (Å²) < 4.78 is 11.3. The standard InChI is InChI=1S/C13H16N2O2/c1-8-5-9(2)12-10(6-8)15-13(17-12)11-7-16-4-3-14-11/h5-6,11,14H,3-4,7H2,1-2H3. The normalized spacial score (nSPS) is 20.9. The van der Waals surface area contributed by atoms with Crippen LogP contribution in [0.1, 0.15) is 23.1 Å². The Kier molecular flexibility index (Phi) is 2.61. The molecule has 1 aliphatic rings.